The van der Waals surface area contributed by atoms with Crippen LogP contribution < -0.4 is 0 Å². The van der Waals surface area contributed by atoms with Crippen LogP contribution in [-0.2, 0) is 11.2 Å². The molecule has 0 aliphatic rings. The summed E-state index contributed by atoms with van der Waals surface area (Å²) < 4.78 is 0. The van der Waals surface area contributed by atoms with Crippen LogP contribution in [0.5, 0.6) is 0 Å². The number of aliphatic carboxylic acids is 1. The summed E-state index contributed by atoms with van der Waals surface area (Å²) in [5, 5.41) is 17.2. The van der Waals surface area contributed by atoms with Crippen molar-refractivity contribution in [1.82, 2.24) is 0 Å². The number of rotatable bonds is 3. The highest BCUT2D eigenvalue weighted by Gasteiger charge is 2.17. The minimum atomic E-state index is -1.05. The third-order valence-electron chi connectivity index (χ3n) is 1.66. The molecule has 1 aromatic rings. The summed E-state index contributed by atoms with van der Waals surface area (Å²) in [6.45, 7) is 1.95. The molecular formula is C9H9NO2S. The van der Waals surface area contributed by atoms with E-state index >= 15 is 0 Å². The molecule has 0 bridgehead atoms. The molecular weight excluding hydrogens is 186 g/mol. The Labute approximate surface area is 80.2 Å². The number of hydrogen-bond acceptors (Lipinski definition) is 3. The molecule has 4 heteroatoms. The van der Waals surface area contributed by atoms with E-state index in [1.807, 2.05) is 19.1 Å². The average Bonchev–Trinajstić information content (AvgIpc) is 2.46. The van der Waals surface area contributed by atoms with Crippen LogP contribution in [0.4, 0.5) is 0 Å². The van der Waals surface area contributed by atoms with E-state index in [1.165, 1.54) is 11.3 Å². The number of carbonyl (C=O) groups is 1. The van der Waals surface area contributed by atoms with Crippen LogP contribution in [0, 0.1) is 24.2 Å². The fraction of sp³-hybridized carbons (Fsp3) is 0.333. The summed E-state index contributed by atoms with van der Waals surface area (Å²) in [4.78, 5) is 12.6. The molecule has 0 saturated heterocycles. The summed E-state index contributed by atoms with van der Waals surface area (Å²) in [5.74, 6) is -1.97. The number of nitrogens with zero attached hydrogens (tertiary/aromatic N) is 1. The van der Waals surface area contributed by atoms with Crippen molar-refractivity contribution in [3.8, 4) is 6.07 Å². The third kappa shape index (κ3) is 2.56. The topological polar surface area (TPSA) is 61.1 Å². The van der Waals surface area contributed by atoms with Crippen molar-refractivity contribution in [3.05, 3.63) is 21.9 Å². The maximum absolute atomic E-state index is 10.5. The lowest BCUT2D eigenvalue weighted by atomic mass is 10.1. The summed E-state index contributed by atoms with van der Waals surface area (Å²) >= 11 is 1.53. The molecule has 1 unspecified atom stereocenters. The van der Waals surface area contributed by atoms with Crippen LogP contribution >= 0.6 is 11.3 Å². The van der Waals surface area contributed by atoms with Gasteiger partial charge in [0, 0.05) is 16.2 Å². The monoisotopic (exact) mass is 195 g/mol. The number of thiophene rings is 1. The Kier molecular flexibility index (Phi) is 3.04. The van der Waals surface area contributed by atoms with E-state index < -0.39 is 11.9 Å². The van der Waals surface area contributed by atoms with Crippen molar-refractivity contribution in [2.24, 2.45) is 5.92 Å². The first kappa shape index (κ1) is 9.75. The molecule has 13 heavy (non-hydrogen) atoms. The first-order chi connectivity index (χ1) is 6.13. The molecule has 0 aliphatic carbocycles. The van der Waals surface area contributed by atoms with Gasteiger partial charge in [0.2, 0.25) is 0 Å². The number of carboxylic acids is 1. The van der Waals surface area contributed by atoms with E-state index in [1.54, 1.807) is 6.07 Å². The second-order valence-corrected chi connectivity index (χ2v) is 4.11. The molecule has 0 amide bonds. The van der Waals surface area contributed by atoms with E-state index in [-0.39, 0.29) is 0 Å². The van der Waals surface area contributed by atoms with Gasteiger partial charge < -0.3 is 5.11 Å². The van der Waals surface area contributed by atoms with Gasteiger partial charge in [-0.05, 0) is 19.1 Å². The van der Waals surface area contributed by atoms with E-state index in [0.29, 0.717) is 6.42 Å². The van der Waals surface area contributed by atoms with E-state index in [4.69, 9.17) is 10.4 Å². The van der Waals surface area contributed by atoms with Crippen molar-refractivity contribution in [2.45, 2.75) is 13.3 Å². The Morgan fingerprint density at radius 2 is 2.46 bits per heavy atom. The smallest absolute Gasteiger partial charge is 0.321 e. The third-order valence-corrected chi connectivity index (χ3v) is 2.68. The van der Waals surface area contributed by atoms with Crippen molar-refractivity contribution in [1.29, 1.82) is 5.26 Å². The molecule has 1 aromatic heterocycles. The Balaban J connectivity index is 2.68. The molecule has 1 rings (SSSR count). The highest BCUT2D eigenvalue weighted by atomic mass is 32.1. The van der Waals surface area contributed by atoms with E-state index in [9.17, 15) is 4.79 Å². The van der Waals surface area contributed by atoms with E-state index in [2.05, 4.69) is 0 Å². The van der Waals surface area contributed by atoms with Gasteiger partial charge in [-0.3, -0.25) is 4.79 Å². The van der Waals surface area contributed by atoms with Gasteiger partial charge in [0.1, 0.15) is 5.92 Å². The first-order valence-corrected chi connectivity index (χ1v) is 4.63. The molecule has 0 aliphatic heterocycles. The molecule has 68 valence electrons. The lowest BCUT2D eigenvalue weighted by Crippen LogP contribution is -2.13. The molecule has 0 fully saturated rings. The maximum atomic E-state index is 10.5. The van der Waals surface area contributed by atoms with Gasteiger partial charge in [0.15, 0.2) is 0 Å². The van der Waals surface area contributed by atoms with Gasteiger partial charge in [0.05, 0.1) is 6.07 Å². The van der Waals surface area contributed by atoms with Gasteiger partial charge in [-0.2, -0.15) is 5.26 Å². The second kappa shape index (κ2) is 4.06. The molecule has 0 saturated carbocycles. The van der Waals surface area contributed by atoms with Crippen molar-refractivity contribution >= 4 is 17.3 Å². The van der Waals surface area contributed by atoms with Crippen molar-refractivity contribution in [2.75, 3.05) is 0 Å². The molecule has 0 aromatic carbocycles. The molecule has 1 N–H and O–H groups in total. The predicted octanol–water partition coefficient (Wildman–Crippen LogP) is 1.82. The first-order valence-electron chi connectivity index (χ1n) is 3.81. The number of carboxylic acid groups (broad SMARTS) is 1. The maximum Gasteiger partial charge on any atom is 0.321 e. The molecule has 0 radical (unpaired) electrons. The standard InChI is InChI=1S/C9H9NO2S/c1-6-2-3-8(13-6)4-7(5-10)9(11)12/h2-3,7H,4H2,1H3,(H,11,12). The summed E-state index contributed by atoms with van der Waals surface area (Å²) in [7, 11) is 0. The zero-order valence-electron chi connectivity index (χ0n) is 7.15. The van der Waals surface area contributed by atoms with Gasteiger partial charge in [-0.25, -0.2) is 0 Å². The largest absolute Gasteiger partial charge is 0.480 e. The number of hydrogen-bond donors (Lipinski definition) is 1. The van der Waals surface area contributed by atoms with Crippen molar-refractivity contribution < 1.29 is 9.90 Å². The zero-order chi connectivity index (χ0) is 9.84. The zero-order valence-corrected chi connectivity index (χ0v) is 7.97. The SMILES string of the molecule is Cc1ccc(CC(C#N)C(=O)O)s1. The average molecular weight is 195 g/mol. The minimum absolute atomic E-state index is 0.310. The highest BCUT2D eigenvalue weighted by Crippen LogP contribution is 2.18. The summed E-state index contributed by atoms with van der Waals surface area (Å²) in [6, 6.07) is 5.56. The predicted molar refractivity (Wildman–Crippen MR) is 49.5 cm³/mol. The van der Waals surface area contributed by atoms with E-state index in [0.717, 1.165) is 9.75 Å². The number of nitriles is 1. The molecule has 1 atom stereocenters. The second-order valence-electron chi connectivity index (χ2n) is 2.74. The minimum Gasteiger partial charge on any atom is -0.480 e. The fourth-order valence-corrected chi connectivity index (χ4v) is 1.92. The molecule has 1 heterocycles. The Bertz CT molecular complexity index is 351. The quantitative estimate of drug-likeness (QED) is 0.800. The van der Waals surface area contributed by atoms with Gasteiger partial charge in [-0.1, -0.05) is 0 Å². The van der Waals surface area contributed by atoms with Crippen LogP contribution in [0.2, 0.25) is 0 Å². The fourth-order valence-electron chi connectivity index (χ4n) is 0.984. The highest BCUT2D eigenvalue weighted by molar-refractivity contribution is 7.11. The lowest BCUT2D eigenvalue weighted by molar-refractivity contribution is -0.139. The molecule has 3 nitrogen and oxygen atoms in total. The Morgan fingerprint density at radius 1 is 1.77 bits per heavy atom. The summed E-state index contributed by atoms with van der Waals surface area (Å²) in [5.41, 5.74) is 0. The van der Waals surface area contributed by atoms with Crippen LogP contribution in [0.25, 0.3) is 0 Å². The van der Waals surface area contributed by atoms with Crippen LogP contribution in [-0.4, -0.2) is 11.1 Å². The van der Waals surface area contributed by atoms with Crippen LogP contribution in [0.15, 0.2) is 12.1 Å². The van der Waals surface area contributed by atoms with Crippen LogP contribution in [0.3, 0.4) is 0 Å². The van der Waals surface area contributed by atoms with Gasteiger partial charge in [0.25, 0.3) is 0 Å². The Hall–Kier alpha value is -1.34. The molecule has 0 spiro atoms. The Morgan fingerprint density at radius 3 is 2.85 bits per heavy atom. The number of aryl methyl sites for hydroxylation is 1. The lowest BCUT2D eigenvalue weighted by Gasteiger charge is -1.99. The summed E-state index contributed by atoms with van der Waals surface area (Å²) in [6.07, 6.45) is 0.310. The van der Waals surface area contributed by atoms with Gasteiger partial charge in [-0.15, -0.1) is 11.3 Å². The van der Waals surface area contributed by atoms with Crippen molar-refractivity contribution in [3.63, 3.8) is 0 Å². The normalized spacial score (nSPS) is 12.0. The van der Waals surface area contributed by atoms with Crippen LogP contribution in [0.1, 0.15) is 9.75 Å². The van der Waals surface area contributed by atoms with Gasteiger partial charge >= 0.3 is 5.97 Å².